The molecule has 2 fully saturated rings. The number of hydrogen-bond donors (Lipinski definition) is 3. The lowest BCUT2D eigenvalue weighted by Crippen LogP contribution is -2.48. The highest BCUT2D eigenvalue weighted by atomic mass is 16.2. The third kappa shape index (κ3) is 5.85. The number of nitrogens with one attached hydrogen (secondary N) is 3. The van der Waals surface area contributed by atoms with Crippen LogP contribution in [0.3, 0.4) is 0 Å². The predicted octanol–water partition coefficient (Wildman–Crippen LogP) is 2.71. The van der Waals surface area contributed by atoms with E-state index in [0.29, 0.717) is 0 Å². The van der Waals surface area contributed by atoms with E-state index in [9.17, 15) is 9.59 Å². The number of benzene rings is 1. The van der Waals surface area contributed by atoms with Gasteiger partial charge in [-0.3, -0.25) is 10.1 Å². The zero-order valence-corrected chi connectivity index (χ0v) is 18.0. The number of amides is 3. The van der Waals surface area contributed by atoms with Gasteiger partial charge in [0.25, 0.3) is 0 Å². The maximum absolute atomic E-state index is 12.4. The molecule has 0 bridgehead atoms. The van der Waals surface area contributed by atoms with Gasteiger partial charge in [0.15, 0.2) is 0 Å². The van der Waals surface area contributed by atoms with E-state index in [1.807, 2.05) is 13.0 Å². The molecule has 0 aromatic heterocycles. The number of imide groups is 1. The minimum Gasteiger partial charge on any atom is -0.374 e. The first-order valence-electron chi connectivity index (χ1n) is 10.9. The molecule has 1 aromatic carbocycles. The molecule has 160 valence electrons. The van der Waals surface area contributed by atoms with E-state index in [-0.39, 0.29) is 11.9 Å². The van der Waals surface area contributed by atoms with Crippen molar-refractivity contribution in [2.75, 3.05) is 42.9 Å². The van der Waals surface area contributed by atoms with E-state index in [1.54, 1.807) is 6.92 Å². The van der Waals surface area contributed by atoms with Gasteiger partial charge < -0.3 is 20.4 Å². The summed E-state index contributed by atoms with van der Waals surface area (Å²) >= 11 is 0. The summed E-state index contributed by atoms with van der Waals surface area (Å²) in [5, 5.41) is 8.57. The van der Waals surface area contributed by atoms with Crippen molar-refractivity contribution in [1.82, 2.24) is 15.5 Å². The average molecular weight is 402 g/mol. The van der Waals surface area contributed by atoms with Crippen LogP contribution in [-0.2, 0) is 4.79 Å². The molecule has 1 aliphatic heterocycles. The van der Waals surface area contributed by atoms with Crippen molar-refractivity contribution in [3.8, 4) is 0 Å². The molecule has 3 amide bonds. The van der Waals surface area contributed by atoms with E-state index >= 15 is 0 Å². The van der Waals surface area contributed by atoms with Crippen molar-refractivity contribution in [2.45, 2.75) is 58.5 Å². The maximum Gasteiger partial charge on any atom is 0.321 e. The molecule has 7 nitrogen and oxygen atoms in total. The van der Waals surface area contributed by atoms with E-state index in [0.717, 1.165) is 69.7 Å². The molecular weight excluding hydrogens is 366 g/mol. The molecule has 1 aliphatic carbocycles. The third-order valence-corrected chi connectivity index (χ3v) is 6.09. The van der Waals surface area contributed by atoms with E-state index < -0.39 is 12.1 Å². The summed E-state index contributed by atoms with van der Waals surface area (Å²) in [6.45, 7) is 11.4. The number of carbonyl (C=O) groups is 2. The Labute approximate surface area is 174 Å². The van der Waals surface area contributed by atoms with Gasteiger partial charge in [-0.15, -0.1) is 0 Å². The van der Waals surface area contributed by atoms with Gasteiger partial charge in [0.1, 0.15) is 6.04 Å². The summed E-state index contributed by atoms with van der Waals surface area (Å²) in [7, 11) is 0. The second kappa shape index (κ2) is 9.96. The number of likely N-dealkylation sites (N-methyl/N-ethyl adjacent to an activating group) is 1. The summed E-state index contributed by atoms with van der Waals surface area (Å²) in [5.41, 5.74) is 3.23. The summed E-state index contributed by atoms with van der Waals surface area (Å²) in [4.78, 5) is 29.3. The molecule has 29 heavy (non-hydrogen) atoms. The van der Waals surface area contributed by atoms with Crippen molar-refractivity contribution in [1.29, 1.82) is 0 Å². The largest absolute Gasteiger partial charge is 0.374 e. The topological polar surface area (TPSA) is 76.7 Å². The Kier molecular flexibility index (Phi) is 7.36. The lowest BCUT2D eigenvalue weighted by molar-refractivity contribution is -0.120. The van der Waals surface area contributed by atoms with Gasteiger partial charge in [0.2, 0.25) is 5.91 Å². The van der Waals surface area contributed by atoms with Gasteiger partial charge >= 0.3 is 6.03 Å². The van der Waals surface area contributed by atoms with E-state index in [4.69, 9.17) is 0 Å². The SMILES string of the molecule is CCN1CCN(c2ccc(N[C@H](C)C(=O)NC(=O)NC3CCCC3)c(C)c2)CC1. The molecular formula is C22H35N5O2. The number of hydrogen-bond acceptors (Lipinski definition) is 5. The molecule has 1 saturated heterocycles. The summed E-state index contributed by atoms with van der Waals surface area (Å²) in [6.07, 6.45) is 4.27. The van der Waals surface area contributed by atoms with Crippen LogP contribution in [0.5, 0.6) is 0 Å². The molecule has 1 atom stereocenters. The first-order chi connectivity index (χ1) is 14.0. The highest BCUT2D eigenvalue weighted by Crippen LogP contribution is 2.24. The molecule has 1 aromatic rings. The minimum absolute atomic E-state index is 0.194. The van der Waals surface area contributed by atoms with Crippen LogP contribution >= 0.6 is 0 Å². The zero-order valence-electron chi connectivity index (χ0n) is 18.0. The first kappa shape index (κ1) is 21.4. The Morgan fingerprint density at radius 3 is 2.45 bits per heavy atom. The second-order valence-electron chi connectivity index (χ2n) is 8.23. The van der Waals surface area contributed by atoms with Crippen molar-refractivity contribution in [3.63, 3.8) is 0 Å². The Hall–Kier alpha value is -2.28. The quantitative estimate of drug-likeness (QED) is 0.683. The lowest BCUT2D eigenvalue weighted by atomic mass is 10.1. The van der Waals surface area contributed by atoms with E-state index in [1.165, 1.54) is 5.69 Å². The van der Waals surface area contributed by atoms with Gasteiger partial charge in [0, 0.05) is 43.6 Å². The molecule has 7 heteroatoms. The van der Waals surface area contributed by atoms with Crippen molar-refractivity contribution >= 4 is 23.3 Å². The van der Waals surface area contributed by atoms with Crippen LogP contribution in [0.1, 0.15) is 45.1 Å². The molecule has 1 saturated carbocycles. The summed E-state index contributed by atoms with van der Waals surface area (Å²) in [6, 6.07) is 5.60. The van der Waals surface area contributed by atoms with Crippen molar-refractivity contribution < 1.29 is 9.59 Å². The number of urea groups is 1. The van der Waals surface area contributed by atoms with Gasteiger partial charge in [-0.05, 0) is 57.0 Å². The molecule has 2 aliphatic rings. The zero-order chi connectivity index (χ0) is 20.8. The fourth-order valence-corrected chi connectivity index (χ4v) is 4.14. The van der Waals surface area contributed by atoms with Crippen LogP contribution in [0.2, 0.25) is 0 Å². The Balaban J connectivity index is 1.51. The summed E-state index contributed by atoms with van der Waals surface area (Å²) < 4.78 is 0. The fraction of sp³-hybridized carbons (Fsp3) is 0.636. The monoisotopic (exact) mass is 401 g/mol. The van der Waals surface area contributed by atoms with E-state index in [2.05, 4.69) is 44.8 Å². The molecule has 0 spiro atoms. The normalized spacial score (nSPS) is 19.1. The first-order valence-corrected chi connectivity index (χ1v) is 10.9. The van der Waals surface area contributed by atoms with Crippen LogP contribution in [0, 0.1) is 6.92 Å². The molecule has 1 heterocycles. The minimum atomic E-state index is -0.498. The highest BCUT2D eigenvalue weighted by molar-refractivity contribution is 5.98. The van der Waals surface area contributed by atoms with Gasteiger partial charge in [-0.25, -0.2) is 4.79 Å². The van der Waals surface area contributed by atoms with Crippen LogP contribution in [-0.4, -0.2) is 61.6 Å². The third-order valence-electron chi connectivity index (χ3n) is 6.09. The standard InChI is InChI=1S/C22H35N5O2/c1-4-26-11-13-27(14-12-26)19-9-10-20(16(2)15-19)23-17(3)21(28)25-22(29)24-18-7-5-6-8-18/h9-10,15,17-18,23H,4-8,11-14H2,1-3H3,(H2,24,25,28,29)/t17-/m1/s1. The summed E-state index contributed by atoms with van der Waals surface area (Å²) in [5.74, 6) is -0.320. The van der Waals surface area contributed by atoms with Crippen LogP contribution in [0.4, 0.5) is 16.2 Å². The van der Waals surface area contributed by atoms with Crippen LogP contribution < -0.4 is 20.9 Å². The number of piperazine rings is 1. The number of anilines is 2. The average Bonchev–Trinajstić information content (AvgIpc) is 3.22. The Morgan fingerprint density at radius 1 is 1.14 bits per heavy atom. The smallest absolute Gasteiger partial charge is 0.321 e. The number of rotatable bonds is 6. The molecule has 3 rings (SSSR count). The van der Waals surface area contributed by atoms with Crippen molar-refractivity contribution in [2.24, 2.45) is 0 Å². The van der Waals surface area contributed by atoms with Crippen LogP contribution in [0.25, 0.3) is 0 Å². The van der Waals surface area contributed by atoms with Crippen LogP contribution in [0.15, 0.2) is 18.2 Å². The lowest BCUT2D eigenvalue weighted by Gasteiger charge is -2.35. The van der Waals surface area contributed by atoms with Crippen molar-refractivity contribution in [3.05, 3.63) is 23.8 Å². The number of nitrogens with zero attached hydrogens (tertiary/aromatic N) is 2. The number of carbonyl (C=O) groups excluding carboxylic acids is 2. The Bertz CT molecular complexity index is 709. The molecule has 3 N–H and O–H groups in total. The van der Waals surface area contributed by atoms with Gasteiger partial charge in [0.05, 0.1) is 0 Å². The highest BCUT2D eigenvalue weighted by Gasteiger charge is 2.21. The second-order valence-corrected chi connectivity index (χ2v) is 8.23. The van der Waals surface area contributed by atoms with Gasteiger partial charge in [-0.1, -0.05) is 19.8 Å². The Morgan fingerprint density at radius 2 is 1.83 bits per heavy atom. The molecule has 0 radical (unpaired) electrons. The fourth-order valence-electron chi connectivity index (χ4n) is 4.14. The van der Waals surface area contributed by atoms with Gasteiger partial charge in [-0.2, -0.15) is 0 Å². The molecule has 0 unspecified atom stereocenters. The number of aryl methyl sites for hydroxylation is 1. The predicted molar refractivity (Wildman–Crippen MR) is 118 cm³/mol. The maximum atomic E-state index is 12.4.